The molecule has 0 bridgehead atoms. The largest absolute Gasteiger partial charge is 0.325 e. The minimum Gasteiger partial charge on any atom is -0.325 e. The van der Waals surface area contributed by atoms with Gasteiger partial charge in [0.2, 0.25) is 0 Å². The molecule has 5 rings (SSSR count). The van der Waals surface area contributed by atoms with Gasteiger partial charge in [0, 0.05) is 28.4 Å². The van der Waals surface area contributed by atoms with Gasteiger partial charge in [-0.1, -0.05) is 91.0 Å². The molecule has 0 aliphatic rings. The van der Waals surface area contributed by atoms with Gasteiger partial charge in [0.1, 0.15) is 0 Å². The van der Waals surface area contributed by atoms with E-state index in [1.165, 1.54) is 33.4 Å². The van der Waals surface area contributed by atoms with Crippen LogP contribution in [0.15, 0.2) is 133 Å². The molecule has 1 aromatic heterocycles. The van der Waals surface area contributed by atoms with Gasteiger partial charge in [-0.05, 0) is 58.5 Å². The smallest absolute Gasteiger partial charge is 0.0601 e. The highest BCUT2D eigenvalue weighted by Crippen LogP contribution is 2.42. The molecule has 0 spiro atoms. The highest BCUT2D eigenvalue weighted by atomic mass is 32.2. The van der Waals surface area contributed by atoms with Crippen molar-refractivity contribution in [2.75, 3.05) is 4.72 Å². The van der Waals surface area contributed by atoms with Crippen LogP contribution >= 0.6 is 11.9 Å². The van der Waals surface area contributed by atoms with Crippen molar-refractivity contribution in [1.29, 1.82) is 0 Å². The van der Waals surface area contributed by atoms with E-state index >= 15 is 0 Å². The number of hydrogen-bond acceptors (Lipinski definition) is 3. The fraction of sp³-hybridized carbons (Fsp3) is 0. The maximum Gasteiger partial charge on any atom is 0.0601 e. The van der Waals surface area contributed by atoms with Gasteiger partial charge in [-0.2, -0.15) is 0 Å². The topological polar surface area (TPSA) is 24.9 Å². The number of benzene rings is 4. The normalized spacial score (nSPS) is 10.6. The first-order valence-electron chi connectivity index (χ1n) is 10.6. The molecule has 0 radical (unpaired) electrons. The van der Waals surface area contributed by atoms with E-state index in [9.17, 15) is 0 Å². The van der Waals surface area contributed by atoms with Gasteiger partial charge in [-0.15, -0.1) is 0 Å². The van der Waals surface area contributed by atoms with Crippen molar-refractivity contribution in [2.24, 2.45) is 0 Å². The summed E-state index contributed by atoms with van der Waals surface area (Å²) in [5.74, 6) is 0. The molecule has 1 N–H and O–H groups in total. The Labute approximate surface area is 193 Å². The predicted molar refractivity (Wildman–Crippen MR) is 136 cm³/mol. The molecule has 5 aromatic rings. The molecule has 0 aliphatic heterocycles. The van der Waals surface area contributed by atoms with E-state index in [0.717, 1.165) is 10.6 Å². The predicted octanol–water partition coefficient (Wildman–Crippen LogP) is 8.20. The average Bonchev–Trinajstić information content (AvgIpc) is 2.89. The highest BCUT2D eigenvalue weighted by Gasteiger charge is 2.15. The molecule has 1 heterocycles. The fourth-order valence-corrected chi connectivity index (χ4v) is 4.45. The van der Waals surface area contributed by atoms with Crippen LogP contribution in [-0.4, -0.2) is 4.98 Å². The number of nitrogens with one attached hydrogen (secondary N) is 1. The van der Waals surface area contributed by atoms with Crippen molar-refractivity contribution in [3.8, 4) is 33.4 Å². The summed E-state index contributed by atoms with van der Waals surface area (Å²) in [6.07, 6.45) is 3.64. The van der Waals surface area contributed by atoms with Crippen molar-refractivity contribution < 1.29 is 0 Å². The van der Waals surface area contributed by atoms with Gasteiger partial charge in [-0.3, -0.25) is 4.98 Å². The van der Waals surface area contributed by atoms with Gasteiger partial charge in [0.15, 0.2) is 0 Å². The zero-order valence-electron chi connectivity index (χ0n) is 17.5. The summed E-state index contributed by atoms with van der Waals surface area (Å²) < 4.78 is 3.66. The van der Waals surface area contributed by atoms with Crippen LogP contribution < -0.4 is 4.72 Å². The van der Waals surface area contributed by atoms with Crippen LogP contribution in [0.25, 0.3) is 33.4 Å². The Hall–Kier alpha value is -3.82. The van der Waals surface area contributed by atoms with Crippen LogP contribution in [-0.2, 0) is 0 Å². The molecule has 0 atom stereocenters. The van der Waals surface area contributed by atoms with Gasteiger partial charge < -0.3 is 4.72 Å². The monoisotopic (exact) mass is 430 g/mol. The Morgan fingerprint density at radius 2 is 0.969 bits per heavy atom. The van der Waals surface area contributed by atoms with Gasteiger partial charge in [-0.25, -0.2) is 0 Å². The number of aromatic nitrogens is 1. The molecule has 0 fully saturated rings. The molecular weight excluding hydrogens is 408 g/mol. The van der Waals surface area contributed by atoms with Crippen molar-refractivity contribution >= 4 is 17.6 Å². The van der Waals surface area contributed by atoms with Gasteiger partial charge in [0.05, 0.1) is 5.69 Å². The van der Waals surface area contributed by atoms with Crippen LogP contribution in [0, 0.1) is 0 Å². The number of nitrogens with zero attached hydrogens (tertiary/aromatic N) is 1. The third kappa shape index (κ3) is 4.43. The molecule has 0 unspecified atom stereocenters. The second-order valence-electron chi connectivity index (χ2n) is 7.43. The van der Waals surface area contributed by atoms with Gasteiger partial charge in [0.25, 0.3) is 0 Å². The van der Waals surface area contributed by atoms with Crippen molar-refractivity contribution in [2.45, 2.75) is 4.90 Å². The lowest BCUT2D eigenvalue weighted by Gasteiger charge is -2.19. The quantitative estimate of drug-likeness (QED) is 0.275. The number of hydrogen-bond donors (Lipinski definition) is 1. The summed E-state index contributed by atoms with van der Waals surface area (Å²) in [6, 6.07) is 40.3. The Bertz CT molecular complexity index is 1230. The Kier molecular flexibility index (Phi) is 6.00. The molecule has 2 nitrogen and oxygen atoms in total. The first-order valence-corrected chi connectivity index (χ1v) is 11.4. The van der Waals surface area contributed by atoms with Crippen LogP contribution in [0.4, 0.5) is 5.69 Å². The van der Waals surface area contributed by atoms with Gasteiger partial charge >= 0.3 is 0 Å². The molecule has 0 saturated heterocycles. The maximum absolute atomic E-state index is 4.13. The number of pyridine rings is 1. The molecular formula is C29H22N2S. The van der Waals surface area contributed by atoms with E-state index < -0.39 is 0 Å². The molecule has 3 heteroatoms. The third-order valence-electron chi connectivity index (χ3n) is 5.34. The molecule has 4 aromatic carbocycles. The molecule has 0 amide bonds. The van der Waals surface area contributed by atoms with E-state index in [-0.39, 0.29) is 0 Å². The summed E-state index contributed by atoms with van der Waals surface area (Å²) in [4.78, 5) is 5.25. The highest BCUT2D eigenvalue weighted by molar-refractivity contribution is 8.00. The second kappa shape index (κ2) is 9.54. The molecule has 154 valence electrons. The first-order chi connectivity index (χ1) is 15.9. The first kappa shape index (κ1) is 20.1. The number of rotatable bonds is 6. The zero-order chi connectivity index (χ0) is 21.6. The van der Waals surface area contributed by atoms with Crippen molar-refractivity contribution in [1.82, 2.24) is 4.98 Å². The molecule has 32 heavy (non-hydrogen) atoms. The SMILES string of the molecule is c1ccc(-c2cc(-c3ccccc3)c(NSc3ccncc3)c(-c3ccccc3)c2)cc1. The van der Waals surface area contributed by atoms with Crippen LogP contribution in [0.1, 0.15) is 0 Å². The zero-order valence-corrected chi connectivity index (χ0v) is 18.3. The Morgan fingerprint density at radius 1 is 0.500 bits per heavy atom. The van der Waals surface area contributed by atoms with E-state index in [1.54, 1.807) is 11.9 Å². The van der Waals surface area contributed by atoms with Crippen molar-refractivity contribution in [3.63, 3.8) is 0 Å². The molecule has 0 aliphatic carbocycles. The lowest BCUT2D eigenvalue weighted by molar-refractivity contribution is 1.26. The maximum atomic E-state index is 4.13. The van der Waals surface area contributed by atoms with Crippen LogP contribution in [0.5, 0.6) is 0 Å². The summed E-state index contributed by atoms with van der Waals surface area (Å²) in [7, 11) is 0. The second-order valence-corrected chi connectivity index (χ2v) is 8.31. The van der Waals surface area contributed by atoms with Crippen molar-refractivity contribution in [3.05, 3.63) is 128 Å². The lowest BCUT2D eigenvalue weighted by atomic mass is 9.91. The van der Waals surface area contributed by atoms with E-state index in [0.29, 0.717) is 0 Å². The Morgan fingerprint density at radius 3 is 1.47 bits per heavy atom. The summed E-state index contributed by atoms with van der Waals surface area (Å²) >= 11 is 1.60. The summed E-state index contributed by atoms with van der Waals surface area (Å²) in [6.45, 7) is 0. The molecule has 0 saturated carbocycles. The minimum atomic E-state index is 1.10. The number of anilines is 1. The summed E-state index contributed by atoms with van der Waals surface area (Å²) in [5.41, 5.74) is 8.21. The minimum absolute atomic E-state index is 1.10. The standard InChI is InChI=1S/C29H22N2S/c1-4-10-22(11-5-1)25-20-27(23-12-6-2-7-13-23)29(31-32-26-16-18-30-19-17-26)28(21-25)24-14-8-3-9-15-24/h1-21,31H. The average molecular weight is 431 g/mol. The van der Waals surface area contributed by atoms with E-state index in [2.05, 4.69) is 113 Å². The van der Waals surface area contributed by atoms with E-state index in [1.807, 2.05) is 24.5 Å². The third-order valence-corrected chi connectivity index (χ3v) is 6.15. The lowest BCUT2D eigenvalue weighted by Crippen LogP contribution is -1.96. The fourth-order valence-electron chi connectivity index (χ4n) is 3.76. The summed E-state index contributed by atoms with van der Waals surface area (Å²) in [5, 5.41) is 0. The van der Waals surface area contributed by atoms with Crippen LogP contribution in [0.3, 0.4) is 0 Å². The van der Waals surface area contributed by atoms with E-state index in [4.69, 9.17) is 0 Å². The Balaban J connectivity index is 1.71. The van der Waals surface area contributed by atoms with Crippen LogP contribution in [0.2, 0.25) is 0 Å².